The Morgan fingerprint density at radius 2 is 1.86 bits per heavy atom. The summed E-state index contributed by atoms with van der Waals surface area (Å²) in [5.41, 5.74) is 3.52. The number of hydrogen-bond acceptors (Lipinski definition) is 6. The third kappa shape index (κ3) is 5.18. The number of ether oxygens (including phenoxy) is 2. The number of aromatic nitrogens is 1. The second-order valence-corrected chi connectivity index (χ2v) is 6.10. The van der Waals surface area contributed by atoms with E-state index < -0.39 is 11.9 Å². The maximum absolute atomic E-state index is 12.3. The van der Waals surface area contributed by atoms with Crippen molar-refractivity contribution in [3.63, 3.8) is 0 Å². The highest BCUT2D eigenvalue weighted by atomic mass is 35.5. The van der Waals surface area contributed by atoms with Gasteiger partial charge in [0.05, 0.1) is 23.9 Å². The van der Waals surface area contributed by atoms with E-state index in [0.717, 1.165) is 0 Å². The number of amides is 1. The Bertz CT molecular complexity index is 1050. The van der Waals surface area contributed by atoms with Crippen molar-refractivity contribution in [2.24, 2.45) is 5.10 Å². The molecule has 0 aliphatic rings. The van der Waals surface area contributed by atoms with Gasteiger partial charge in [0, 0.05) is 6.20 Å². The fourth-order valence-corrected chi connectivity index (χ4v) is 2.56. The second-order valence-electron chi connectivity index (χ2n) is 5.69. The summed E-state index contributed by atoms with van der Waals surface area (Å²) >= 11 is 6.02. The van der Waals surface area contributed by atoms with Crippen LogP contribution in [0.5, 0.6) is 11.5 Å². The zero-order valence-electron chi connectivity index (χ0n) is 15.3. The predicted octanol–water partition coefficient (Wildman–Crippen LogP) is 3.73. The monoisotopic (exact) mass is 409 g/mol. The normalized spacial score (nSPS) is 10.6. The number of nitrogens with one attached hydrogen (secondary N) is 1. The zero-order chi connectivity index (χ0) is 20.6. The van der Waals surface area contributed by atoms with E-state index in [1.165, 1.54) is 19.5 Å². The van der Waals surface area contributed by atoms with Crippen molar-refractivity contribution >= 4 is 29.7 Å². The van der Waals surface area contributed by atoms with E-state index in [2.05, 4.69) is 15.5 Å². The molecule has 1 amide bonds. The number of carbonyl (C=O) groups is 2. The van der Waals surface area contributed by atoms with Gasteiger partial charge in [0.25, 0.3) is 5.91 Å². The van der Waals surface area contributed by atoms with Crippen molar-refractivity contribution in [2.75, 3.05) is 7.11 Å². The van der Waals surface area contributed by atoms with Crippen LogP contribution >= 0.6 is 11.6 Å². The van der Waals surface area contributed by atoms with Gasteiger partial charge in [0.1, 0.15) is 5.69 Å². The maximum Gasteiger partial charge on any atom is 0.345 e. The molecule has 0 saturated carbocycles. The number of hydrogen-bond donors (Lipinski definition) is 1. The van der Waals surface area contributed by atoms with Crippen LogP contribution in [0, 0.1) is 0 Å². The fraction of sp³-hybridized carbons (Fsp3) is 0.0476. The highest BCUT2D eigenvalue weighted by Crippen LogP contribution is 2.29. The SMILES string of the molecule is COc1cc(/C=N\NC(=O)c2ccccn2)ccc1OC(=O)c1ccccc1Cl. The topological polar surface area (TPSA) is 89.9 Å². The highest BCUT2D eigenvalue weighted by Gasteiger charge is 2.15. The quantitative estimate of drug-likeness (QED) is 0.290. The maximum atomic E-state index is 12.3. The summed E-state index contributed by atoms with van der Waals surface area (Å²) in [6, 6.07) is 16.4. The lowest BCUT2D eigenvalue weighted by atomic mass is 10.2. The van der Waals surface area contributed by atoms with Gasteiger partial charge >= 0.3 is 5.97 Å². The third-order valence-electron chi connectivity index (χ3n) is 3.76. The smallest absolute Gasteiger partial charge is 0.345 e. The highest BCUT2D eigenvalue weighted by molar-refractivity contribution is 6.33. The van der Waals surface area contributed by atoms with E-state index in [9.17, 15) is 9.59 Å². The molecule has 0 fully saturated rings. The van der Waals surface area contributed by atoms with Crippen LogP contribution in [0.25, 0.3) is 0 Å². The van der Waals surface area contributed by atoms with E-state index in [4.69, 9.17) is 21.1 Å². The Balaban J connectivity index is 1.69. The Morgan fingerprint density at radius 1 is 1.07 bits per heavy atom. The van der Waals surface area contributed by atoms with Gasteiger partial charge in [-0.05, 0) is 48.0 Å². The summed E-state index contributed by atoms with van der Waals surface area (Å²) in [6.45, 7) is 0. The molecule has 2 aromatic carbocycles. The summed E-state index contributed by atoms with van der Waals surface area (Å²) in [5, 5.41) is 4.19. The minimum Gasteiger partial charge on any atom is -0.493 e. The van der Waals surface area contributed by atoms with Gasteiger partial charge in [-0.1, -0.05) is 29.8 Å². The van der Waals surface area contributed by atoms with Gasteiger partial charge in [0.2, 0.25) is 0 Å². The second kappa shape index (κ2) is 9.48. The molecule has 0 atom stereocenters. The molecule has 0 aliphatic heterocycles. The van der Waals surface area contributed by atoms with E-state index >= 15 is 0 Å². The lowest BCUT2D eigenvalue weighted by Gasteiger charge is -2.10. The molecule has 0 saturated heterocycles. The Labute approximate surface area is 171 Å². The van der Waals surface area contributed by atoms with Crippen LogP contribution in [-0.2, 0) is 0 Å². The van der Waals surface area contributed by atoms with Crippen molar-refractivity contribution in [3.05, 3.63) is 88.7 Å². The van der Waals surface area contributed by atoms with Crippen LogP contribution < -0.4 is 14.9 Å². The lowest BCUT2D eigenvalue weighted by Crippen LogP contribution is -2.18. The molecule has 1 heterocycles. The van der Waals surface area contributed by atoms with Crippen LogP contribution in [0.1, 0.15) is 26.4 Å². The van der Waals surface area contributed by atoms with E-state index in [1.807, 2.05) is 0 Å². The minimum absolute atomic E-state index is 0.229. The molecule has 3 rings (SSSR count). The van der Waals surface area contributed by atoms with Crippen molar-refractivity contribution in [2.45, 2.75) is 0 Å². The summed E-state index contributed by atoms with van der Waals surface area (Å²) in [5.74, 6) is -0.477. The van der Waals surface area contributed by atoms with Gasteiger partial charge in [-0.2, -0.15) is 5.10 Å². The van der Waals surface area contributed by atoms with Crippen molar-refractivity contribution < 1.29 is 19.1 Å². The molecular weight excluding hydrogens is 394 g/mol. The zero-order valence-corrected chi connectivity index (χ0v) is 16.1. The molecule has 0 radical (unpaired) electrons. The Kier molecular flexibility index (Phi) is 6.55. The van der Waals surface area contributed by atoms with Crippen LogP contribution in [0.3, 0.4) is 0 Å². The van der Waals surface area contributed by atoms with E-state index in [-0.39, 0.29) is 17.0 Å². The van der Waals surface area contributed by atoms with Gasteiger partial charge in [0.15, 0.2) is 11.5 Å². The summed E-state index contributed by atoms with van der Waals surface area (Å²) < 4.78 is 10.7. The first-order valence-electron chi connectivity index (χ1n) is 8.47. The summed E-state index contributed by atoms with van der Waals surface area (Å²) in [7, 11) is 1.45. The van der Waals surface area contributed by atoms with Crippen LogP contribution in [0.15, 0.2) is 72.0 Å². The van der Waals surface area contributed by atoms with Gasteiger partial charge in [-0.15, -0.1) is 0 Å². The number of carbonyl (C=O) groups excluding carboxylic acids is 2. The van der Waals surface area contributed by atoms with Gasteiger partial charge in [-0.3, -0.25) is 9.78 Å². The number of benzene rings is 2. The number of pyridine rings is 1. The van der Waals surface area contributed by atoms with Gasteiger partial charge in [-0.25, -0.2) is 10.2 Å². The number of nitrogens with zero attached hydrogens (tertiary/aromatic N) is 2. The summed E-state index contributed by atoms with van der Waals surface area (Å²) in [4.78, 5) is 28.2. The average molecular weight is 410 g/mol. The van der Waals surface area contributed by atoms with E-state index in [0.29, 0.717) is 16.3 Å². The minimum atomic E-state index is -0.599. The first kappa shape index (κ1) is 20.0. The molecule has 0 unspecified atom stereocenters. The number of halogens is 1. The predicted molar refractivity (Wildman–Crippen MR) is 109 cm³/mol. The molecule has 0 spiro atoms. The summed E-state index contributed by atoms with van der Waals surface area (Å²) in [6.07, 6.45) is 2.95. The Morgan fingerprint density at radius 3 is 2.59 bits per heavy atom. The lowest BCUT2D eigenvalue weighted by molar-refractivity contribution is 0.0729. The number of hydrazone groups is 1. The number of methoxy groups -OCH3 is 1. The fourth-order valence-electron chi connectivity index (χ4n) is 2.35. The molecule has 3 aromatic rings. The van der Waals surface area contributed by atoms with Gasteiger partial charge < -0.3 is 9.47 Å². The van der Waals surface area contributed by atoms with Crippen molar-refractivity contribution in [3.8, 4) is 11.5 Å². The van der Waals surface area contributed by atoms with Crippen molar-refractivity contribution in [1.29, 1.82) is 0 Å². The molecule has 1 N–H and O–H groups in total. The standard InChI is InChI=1S/C21H16ClN3O4/c1-28-19-12-14(13-24-25-20(26)17-8-4-5-11-23-17)9-10-18(19)29-21(27)15-6-2-3-7-16(15)22/h2-13H,1H3,(H,25,26)/b24-13-. The van der Waals surface area contributed by atoms with Crippen LogP contribution in [0.4, 0.5) is 0 Å². The first-order chi connectivity index (χ1) is 14.1. The van der Waals surface area contributed by atoms with Crippen LogP contribution in [0.2, 0.25) is 5.02 Å². The molecule has 0 aliphatic carbocycles. The molecule has 8 heteroatoms. The largest absolute Gasteiger partial charge is 0.493 e. The average Bonchev–Trinajstić information content (AvgIpc) is 2.75. The molecule has 0 bridgehead atoms. The molecule has 29 heavy (non-hydrogen) atoms. The third-order valence-corrected chi connectivity index (χ3v) is 4.09. The molecular formula is C21H16ClN3O4. The first-order valence-corrected chi connectivity index (χ1v) is 8.85. The van der Waals surface area contributed by atoms with E-state index in [1.54, 1.807) is 60.7 Å². The molecule has 146 valence electrons. The van der Waals surface area contributed by atoms with Crippen LogP contribution in [-0.4, -0.2) is 30.2 Å². The Hall–Kier alpha value is -3.71. The van der Waals surface area contributed by atoms with Crippen molar-refractivity contribution in [1.82, 2.24) is 10.4 Å². The number of rotatable bonds is 6. The molecule has 1 aromatic heterocycles. The number of esters is 1. The molecule has 7 nitrogen and oxygen atoms in total.